The van der Waals surface area contributed by atoms with Gasteiger partial charge in [0.15, 0.2) is 11.6 Å². The molecular weight excluding hydrogens is 260 g/mol. The number of halogens is 2. The number of nitrogens with one attached hydrogen (secondary N) is 1. The van der Waals surface area contributed by atoms with Crippen LogP contribution in [-0.2, 0) is 4.79 Å². The van der Waals surface area contributed by atoms with Gasteiger partial charge in [0.25, 0.3) is 0 Å². The molecule has 0 aromatic heterocycles. The van der Waals surface area contributed by atoms with Crippen molar-refractivity contribution < 1.29 is 18.7 Å². The Morgan fingerprint density at radius 1 is 1.44 bits per heavy atom. The molecule has 1 atom stereocenters. The van der Waals surface area contributed by atoms with Crippen LogP contribution < -0.4 is 5.32 Å². The minimum atomic E-state index is -0.900. The molecule has 3 nitrogen and oxygen atoms in total. The van der Waals surface area contributed by atoms with Gasteiger partial charge in [-0.2, -0.15) is 0 Å². The molecule has 0 saturated carbocycles. The van der Waals surface area contributed by atoms with Crippen LogP contribution in [0.4, 0.5) is 8.78 Å². The number of hydrogen-bond donors (Lipinski definition) is 2. The highest BCUT2D eigenvalue weighted by Gasteiger charge is 2.15. The molecule has 1 unspecified atom stereocenters. The van der Waals surface area contributed by atoms with Gasteiger partial charge in [-0.1, -0.05) is 6.92 Å². The van der Waals surface area contributed by atoms with Gasteiger partial charge in [0.1, 0.15) is 6.04 Å². The first kappa shape index (κ1) is 14.9. The minimum absolute atomic E-state index is 0.423. The van der Waals surface area contributed by atoms with Gasteiger partial charge >= 0.3 is 5.97 Å². The highest BCUT2D eigenvalue weighted by Crippen LogP contribution is 2.21. The zero-order chi connectivity index (χ0) is 13.5. The number of carboxylic acid groups (broad SMARTS) is 1. The highest BCUT2D eigenvalue weighted by atomic mass is 32.2. The molecule has 0 heterocycles. The summed E-state index contributed by atoms with van der Waals surface area (Å²) in [7, 11) is 0. The van der Waals surface area contributed by atoms with Crippen molar-refractivity contribution >= 4 is 17.7 Å². The first-order chi connectivity index (χ1) is 8.54. The molecule has 0 saturated heterocycles. The van der Waals surface area contributed by atoms with Gasteiger partial charge in [0.05, 0.1) is 0 Å². The lowest BCUT2D eigenvalue weighted by molar-refractivity contribution is -0.139. The first-order valence-electron chi connectivity index (χ1n) is 5.58. The molecule has 0 amide bonds. The number of hydrogen-bond acceptors (Lipinski definition) is 3. The van der Waals surface area contributed by atoms with E-state index in [0.29, 0.717) is 23.6 Å². The fourth-order valence-electron chi connectivity index (χ4n) is 1.42. The number of aliphatic carboxylic acids is 1. The van der Waals surface area contributed by atoms with Gasteiger partial charge in [-0.3, -0.25) is 4.79 Å². The second-order valence-corrected chi connectivity index (χ2v) is 4.83. The second kappa shape index (κ2) is 7.33. The zero-order valence-electron chi connectivity index (χ0n) is 9.95. The van der Waals surface area contributed by atoms with E-state index in [-0.39, 0.29) is 0 Å². The topological polar surface area (TPSA) is 49.3 Å². The number of carboxylic acids is 1. The van der Waals surface area contributed by atoms with Gasteiger partial charge in [0, 0.05) is 10.6 Å². The van der Waals surface area contributed by atoms with Crippen molar-refractivity contribution in [1.82, 2.24) is 5.32 Å². The molecule has 0 radical (unpaired) electrons. The molecule has 1 rings (SSSR count). The van der Waals surface area contributed by atoms with Crippen molar-refractivity contribution in [3.05, 3.63) is 29.8 Å². The van der Waals surface area contributed by atoms with Crippen molar-refractivity contribution in [1.29, 1.82) is 0 Å². The van der Waals surface area contributed by atoms with Crippen LogP contribution in [0.15, 0.2) is 23.1 Å². The van der Waals surface area contributed by atoms with Crippen molar-refractivity contribution in [2.24, 2.45) is 0 Å². The summed E-state index contributed by atoms with van der Waals surface area (Å²) in [5.74, 6) is -2.14. The third-order valence-corrected chi connectivity index (χ3v) is 3.34. The lowest BCUT2D eigenvalue weighted by atomic mass is 10.2. The van der Waals surface area contributed by atoms with Crippen LogP contribution in [0.2, 0.25) is 0 Å². The van der Waals surface area contributed by atoms with Crippen molar-refractivity contribution in [2.75, 3.05) is 12.3 Å². The Hall–Kier alpha value is -1.14. The largest absolute Gasteiger partial charge is 0.480 e. The summed E-state index contributed by atoms with van der Waals surface area (Å²) < 4.78 is 25.6. The smallest absolute Gasteiger partial charge is 0.320 e. The van der Waals surface area contributed by atoms with Crippen LogP contribution in [0.5, 0.6) is 0 Å². The van der Waals surface area contributed by atoms with Gasteiger partial charge < -0.3 is 10.4 Å². The molecule has 18 heavy (non-hydrogen) atoms. The van der Waals surface area contributed by atoms with Crippen molar-refractivity contribution in [3.63, 3.8) is 0 Å². The Balaban J connectivity index is 2.44. The van der Waals surface area contributed by atoms with Crippen LogP contribution in [0.25, 0.3) is 0 Å². The molecule has 2 N–H and O–H groups in total. The fraction of sp³-hybridized carbons (Fsp3) is 0.417. The summed E-state index contributed by atoms with van der Waals surface area (Å²) in [4.78, 5) is 11.4. The molecule has 0 aliphatic rings. The average Bonchev–Trinajstić information content (AvgIpc) is 2.32. The molecular formula is C12H15F2NO2S. The highest BCUT2D eigenvalue weighted by molar-refractivity contribution is 7.99. The van der Waals surface area contributed by atoms with Crippen LogP contribution >= 0.6 is 11.8 Å². The van der Waals surface area contributed by atoms with E-state index < -0.39 is 23.6 Å². The molecule has 0 spiro atoms. The maximum Gasteiger partial charge on any atom is 0.320 e. The van der Waals surface area contributed by atoms with E-state index in [1.54, 1.807) is 0 Å². The summed E-state index contributed by atoms with van der Waals surface area (Å²) in [6.45, 7) is 2.41. The third-order valence-electron chi connectivity index (χ3n) is 2.31. The summed E-state index contributed by atoms with van der Waals surface area (Å²) >= 11 is 1.30. The standard InChI is InChI=1S/C12H15F2NO2S/c1-2-15-11(12(16)17)5-6-18-8-3-4-9(13)10(14)7-8/h3-4,7,11,15H,2,5-6H2,1H3,(H,16,17). The molecule has 0 fully saturated rings. The van der Waals surface area contributed by atoms with Gasteiger partial charge in [0.2, 0.25) is 0 Å². The number of rotatable bonds is 7. The maximum absolute atomic E-state index is 12.9. The van der Waals surface area contributed by atoms with Crippen LogP contribution in [-0.4, -0.2) is 29.4 Å². The minimum Gasteiger partial charge on any atom is -0.480 e. The van der Waals surface area contributed by atoms with Gasteiger partial charge in [-0.25, -0.2) is 8.78 Å². The number of thioether (sulfide) groups is 1. The normalized spacial score (nSPS) is 12.4. The Kier molecular flexibility index (Phi) is 6.07. The van der Waals surface area contributed by atoms with E-state index in [4.69, 9.17) is 5.11 Å². The summed E-state index contributed by atoms with van der Waals surface area (Å²) in [5.41, 5.74) is 0. The van der Waals surface area contributed by atoms with Crippen LogP contribution in [0.3, 0.4) is 0 Å². The van der Waals surface area contributed by atoms with Crippen molar-refractivity contribution in [2.45, 2.75) is 24.3 Å². The van der Waals surface area contributed by atoms with E-state index >= 15 is 0 Å². The third kappa shape index (κ3) is 4.62. The summed E-state index contributed by atoms with van der Waals surface area (Å²) in [6.07, 6.45) is 0.423. The Bertz CT molecular complexity index is 415. The molecule has 6 heteroatoms. The van der Waals surface area contributed by atoms with E-state index in [0.717, 1.165) is 12.1 Å². The van der Waals surface area contributed by atoms with Gasteiger partial charge in [-0.05, 0) is 31.2 Å². The molecule has 0 aliphatic carbocycles. The molecule has 1 aromatic rings. The predicted molar refractivity (Wildman–Crippen MR) is 66.8 cm³/mol. The molecule has 1 aromatic carbocycles. The average molecular weight is 275 g/mol. The number of carbonyl (C=O) groups is 1. The van der Waals surface area contributed by atoms with E-state index in [9.17, 15) is 13.6 Å². The monoisotopic (exact) mass is 275 g/mol. The Labute approximate surface area is 109 Å². The molecule has 0 bridgehead atoms. The van der Waals surface area contributed by atoms with E-state index in [1.165, 1.54) is 17.8 Å². The first-order valence-corrected chi connectivity index (χ1v) is 6.57. The lowest BCUT2D eigenvalue weighted by Gasteiger charge is -2.12. The number of likely N-dealkylation sites (N-methyl/N-ethyl adjacent to an activating group) is 1. The Morgan fingerprint density at radius 3 is 2.72 bits per heavy atom. The van der Waals surface area contributed by atoms with Crippen LogP contribution in [0.1, 0.15) is 13.3 Å². The second-order valence-electron chi connectivity index (χ2n) is 3.66. The number of benzene rings is 1. The van der Waals surface area contributed by atoms with E-state index in [1.807, 2.05) is 6.92 Å². The zero-order valence-corrected chi connectivity index (χ0v) is 10.8. The molecule has 100 valence electrons. The maximum atomic E-state index is 12.9. The predicted octanol–water partition coefficient (Wildman–Crippen LogP) is 2.51. The van der Waals surface area contributed by atoms with Crippen molar-refractivity contribution in [3.8, 4) is 0 Å². The van der Waals surface area contributed by atoms with E-state index in [2.05, 4.69) is 5.32 Å². The van der Waals surface area contributed by atoms with Gasteiger partial charge in [-0.15, -0.1) is 11.8 Å². The SMILES string of the molecule is CCNC(CCSc1ccc(F)c(F)c1)C(=O)O. The summed E-state index contributed by atoms with van der Waals surface area (Å²) in [5, 5.41) is 11.7. The molecule has 0 aliphatic heterocycles. The lowest BCUT2D eigenvalue weighted by Crippen LogP contribution is -2.36. The fourth-order valence-corrected chi connectivity index (χ4v) is 2.36. The van der Waals surface area contributed by atoms with Crippen LogP contribution in [0, 0.1) is 11.6 Å². The Morgan fingerprint density at radius 2 is 2.17 bits per heavy atom. The summed E-state index contributed by atoms with van der Waals surface area (Å²) in [6, 6.07) is 3.05. The quantitative estimate of drug-likeness (QED) is 0.751.